The minimum absolute atomic E-state index is 0.130. The van der Waals surface area contributed by atoms with E-state index >= 15 is 0 Å². The van der Waals surface area contributed by atoms with Crippen LogP contribution in [0.2, 0.25) is 0 Å². The lowest BCUT2D eigenvalue weighted by Gasteiger charge is -2.22. The number of aromatic amines is 2. The summed E-state index contributed by atoms with van der Waals surface area (Å²) in [6.45, 7) is 1.98. The fourth-order valence-corrected chi connectivity index (χ4v) is 7.31. The van der Waals surface area contributed by atoms with E-state index in [0.717, 1.165) is 81.4 Å². The number of carbonyl (C=O) groups is 1. The molecule has 46 heavy (non-hydrogen) atoms. The second-order valence-electron chi connectivity index (χ2n) is 12.6. The number of rotatable bonds is 5. The van der Waals surface area contributed by atoms with E-state index < -0.39 is 0 Å². The van der Waals surface area contributed by atoms with Crippen LogP contribution in [0, 0.1) is 0 Å². The van der Waals surface area contributed by atoms with Crippen molar-refractivity contribution in [3.63, 3.8) is 0 Å². The molecule has 0 bridgehead atoms. The molecule has 3 N–H and O–H groups in total. The summed E-state index contributed by atoms with van der Waals surface area (Å²) in [5, 5.41) is 8.11. The number of hydrogen-bond donors (Lipinski definition) is 3. The van der Waals surface area contributed by atoms with Crippen LogP contribution in [0.4, 0.5) is 4.79 Å². The van der Waals surface area contributed by atoms with Crippen LogP contribution < -0.4 is 5.32 Å². The highest BCUT2D eigenvalue weighted by molar-refractivity contribution is 6.07. The minimum atomic E-state index is -0.295. The number of ether oxygens (including phenoxy) is 1. The number of likely N-dealkylation sites (tertiary alicyclic amines) is 1. The van der Waals surface area contributed by atoms with Crippen LogP contribution in [0.5, 0.6) is 0 Å². The summed E-state index contributed by atoms with van der Waals surface area (Å²) in [6.07, 6.45) is 3.79. The Morgan fingerprint density at radius 1 is 0.761 bits per heavy atom. The molecule has 2 aliphatic heterocycles. The van der Waals surface area contributed by atoms with Gasteiger partial charge >= 0.3 is 6.09 Å². The van der Waals surface area contributed by atoms with E-state index in [1.54, 1.807) is 0 Å². The third kappa shape index (κ3) is 4.68. The Hall–Kier alpha value is -5.21. The summed E-state index contributed by atoms with van der Waals surface area (Å²) in [6, 6.07) is 31.8. The van der Waals surface area contributed by atoms with Crippen molar-refractivity contribution < 1.29 is 9.53 Å². The predicted octanol–water partition coefficient (Wildman–Crippen LogP) is 8.31. The molecule has 9 rings (SSSR count). The van der Waals surface area contributed by atoms with E-state index in [9.17, 15) is 4.79 Å². The van der Waals surface area contributed by atoms with Gasteiger partial charge in [0, 0.05) is 17.3 Å². The summed E-state index contributed by atoms with van der Waals surface area (Å²) >= 11 is 0. The molecule has 228 valence electrons. The lowest BCUT2D eigenvalue weighted by molar-refractivity contribution is 0.0910. The molecule has 8 nitrogen and oxygen atoms in total. The molecular formula is C38H34N6O2. The van der Waals surface area contributed by atoms with Crippen LogP contribution in [-0.2, 0) is 11.3 Å². The molecule has 1 amide bonds. The van der Waals surface area contributed by atoms with E-state index in [1.165, 1.54) is 22.8 Å². The molecule has 2 atom stereocenters. The molecule has 2 aliphatic rings. The van der Waals surface area contributed by atoms with Crippen molar-refractivity contribution in [3.8, 4) is 11.1 Å². The second kappa shape index (κ2) is 11.0. The quantitative estimate of drug-likeness (QED) is 0.183. The average molecular weight is 607 g/mol. The topological polar surface area (TPSA) is 98.9 Å². The minimum Gasteiger partial charge on any atom is -0.445 e. The first-order valence-corrected chi connectivity index (χ1v) is 16.2. The number of carbonyl (C=O) groups excluding carboxylic acids is 1. The third-order valence-corrected chi connectivity index (χ3v) is 9.70. The highest BCUT2D eigenvalue weighted by Crippen LogP contribution is 2.36. The van der Waals surface area contributed by atoms with E-state index in [-0.39, 0.29) is 18.7 Å². The van der Waals surface area contributed by atoms with Gasteiger partial charge in [0.05, 0.1) is 34.2 Å². The molecule has 0 saturated carbocycles. The Morgan fingerprint density at radius 3 is 2.11 bits per heavy atom. The number of nitrogens with zero attached hydrogens (tertiary/aromatic N) is 3. The number of H-pyrrole nitrogens is 2. The van der Waals surface area contributed by atoms with Crippen molar-refractivity contribution >= 4 is 49.7 Å². The Morgan fingerprint density at radius 2 is 1.43 bits per heavy atom. The summed E-state index contributed by atoms with van der Waals surface area (Å²) < 4.78 is 5.67. The van der Waals surface area contributed by atoms with E-state index in [2.05, 4.69) is 75.9 Å². The number of hydrogen-bond acceptors (Lipinski definition) is 5. The van der Waals surface area contributed by atoms with Crippen LogP contribution in [-0.4, -0.2) is 44.0 Å². The number of aromatic nitrogens is 4. The van der Waals surface area contributed by atoms with Gasteiger partial charge in [-0.15, -0.1) is 0 Å². The largest absolute Gasteiger partial charge is 0.445 e. The van der Waals surface area contributed by atoms with Gasteiger partial charge in [0.15, 0.2) is 0 Å². The maximum Gasteiger partial charge on any atom is 0.410 e. The Balaban J connectivity index is 0.996. The molecule has 0 aliphatic carbocycles. The first-order chi connectivity index (χ1) is 22.7. The van der Waals surface area contributed by atoms with E-state index in [0.29, 0.717) is 12.6 Å². The van der Waals surface area contributed by atoms with Gasteiger partial charge in [-0.1, -0.05) is 66.7 Å². The molecular weight excluding hydrogens is 572 g/mol. The van der Waals surface area contributed by atoms with Crippen LogP contribution >= 0.6 is 0 Å². The molecule has 2 aromatic heterocycles. The van der Waals surface area contributed by atoms with Crippen molar-refractivity contribution in [1.29, 1.82) is 0 Å². The van der Waals surface area contributed by atoms with Crippen molar-refractivity contribution in [3.05, 3.63) is 108 Å². The van der Waals surface area contributed by atoms with Crippen LogP contribution in [0.15, 0.2) is 91.0 Å². The summed E-state index contributed by atoms with van der Waals surface area (Å²) in [5.41, 5.74) is 7.32. The van der Waals surface area contributed by atoms with Crippen LogP contribution in [0.1, 0.15) is 55.0 Å². The molecule has 2 fully saturated rings. The summed E-state index contributed by atoms with van der Waals surface area (Å²) in [7, 11) is 0. The van der Waals surface area contributed by atoms with Crippen LogP contribution in [0.3, 0.4) is 0 Å². The molecule has 8 heteroatoms. The van der Waals surface area contributed by atoms with Crippen molar-refractivity contribution in [2.24, 2.45) is 0 Å². The van der Waals surface area contributed by atoms with Gasteiger partial charge < -0.3 is 20.0 Å². The van der Waals surface area contributed by atoms with Crippen LogP contribution in [0.25, 0.3) is 54.7 Å². The van der Waals surface area contributed by atoms with Crippen molar-refractivity contribution in [2.45, 2.75) is 44.4 Å². The SMILES string of the molecule is O=C(OCc1ccccc1)N1CCC[C@H]1c1nc2c(ccc3cc(-c4ccc5c(ccc6[nH]c([C@@H]7CCCN7)nc65)c4)ccc32)[nH]1. The lowest BCUT2D eigenvalue weighted by Crippen LogP contribution is -2.31. The summed E-state index contributed by atoms with van der Waals surface area (Å²) in [4.78, 5) is 32.0. The molecule has 7 aromatic rings. The molecule has 5 aromatic carbocycles. The highest BCUT2D eigenvalue weighted by Gasteiger charge is 2.33. The maximum absolute atomic E-state index is 13.1. The second-order valence-corrected chi connectivity index (χ2v) is 12.6. The average Bonchev–Trinajstić information content (AvgIpc) is 3.92. The zero-order chi connectivity index (χ0) is 30.6. The molecule has 2 saturated heterocycles. The number of fused-ring (bicyclic) bond motifs is 6. The number of amides is 1. The fraction of sp³-hybridized carbons (Fsp3) is 0.237. The number of nitrogens with one attached hydrogen (secondary N) is 3. The molecule has 0 radical (unpaired) electrons. The van der Waals surface area contributed by atoms with Gasteiger partial charge in [0.25, 0.3) is 0 Å². The number of benzene rings is 5. The van der Waals surface area contributed by atoms with E-state index in [4.69, 9.17) is 14.7 Å². The Kier molecular flexibility index (Phi) is 6.48. The normalized spacial score (nSPS) is 18.4. The van der Waals surface area contributed by atoms with Gasteiger partial charge in [-0.25, -0.2) is 14.8 Å². The molecule has 0 spiro atoms. The summed E-state index contributed by atoms with van der Waals surface area (Å²) in [5.74, 6) is 1.85. The first kappa shape index (κ1) is 27.1. The van der Waals surface area contributed by atoms with Crippen molar-refractivity contribution in [1.82, 2.24) is 30.2 Å². The third-order valence-electron chi connectivity index (χ3n) is 9.70. The molecule has 0 unspecified atom stereocenters. The van der Waals surface area contributed by atoms with Gasteiger partial charge in [-0.3, -0.25) is 4.90 Å². The van der Waals surface area contributed by atoms with Crippen molar-refractivity contribution in [2.75, 3.05) is 13.1 Å². The highest BCUT2D eigenvalue weighted by atomic mass is 16.6. The Labute approximate surface area is 265 Å². The van der Waals surface area contributed by atoms with Gasteiger partial charge in [0.2, 0.25) is 0 Å². The zero-order valence-corrected chi connectivity index (χ0v) is 25.4. The monoisotopic (exact) mass is 606 g/mol. The lowest BCUT2D eigenvalue weighted by atomic mass is 9.98. The Bertz CT molecular complexity index is 2250. The van der Waals surface area contributed by atoms with E-state index in [1.807, 2.05) is 35.2 Å². The maximum atomic E-state index is 13.1. The van der Waals surface area contributed by atoms with Gasteiger partial charge in [-0.2, -0.15) is 0 Å². The van der Waals surface area contributed by atoms with Gasteiger partial charge in [-0.05, 0) is 84.0 Å². The number of imidazole rings is 2. The standard InChI is InChI=1S/C38H34N6O2/c45-38(46-22-23-6-2-1-3-7-23)44-19-5-9-33(44)37-41-31-17-13-27-21-25(11-15-29(27)35(31)43-37)24-10-14-28-26(20-24)12-16-30-34(28)42-36(40-30)32-8-4-18-39-32/h1-3,6-7,10-17,20-21,32-33,39H,4-5,8-9,18-19,22H2,(H,40,42)(H,41,43)/t32-,33-/m0/s1. The van der Waals surface area contributed by atoms with Gasteiger partial charge in [0.1, 0.15) is 18.3 Å². The first-order valence-electron chi connectivity index (χ1n) is 16.2. The zero-order valence-electron chi connectivity index (χ0n) is 25.4. The molecule has 4 heterocycles. The predicted molar refractivity (Wildman–Crippen MR) is 181 cm³/mol. The fourth-order valence-electron chi connectivity index (χ4n) is 7.31. The smallest absolute Gasteiger partial charge is 0.410 e.